The number of aromatic nitrogens is 2. The van der Waals surface area contributed by atoms with Gasteiger partial charge in [-0.3, -0.25) is 9.89 Å². The van der Waals surface area contributed by atoms with Crippen molar-refractivity contribution >= 4 is 12.1 Å². The fourth-order valence-corrected chi connectivity index (χ4v) is 2.75. The topological polar surface area (TPSA) is 70.1 Å². The molecule has 0 unspecified atom stereocenters. The van der Waals surface area contributed by atoms with Crippen molar-refractivity contribution in [3.63, 3.8) is 0 Å². The summed E-state index contributed by atoms with van der Waals surface area (Å²) in [6.07, 6.45) is 0.137. The maximum atomic E-state index is 12.9. The Labute approximate surface area is 136 Å². The smallest absolute Gasteiger partial charge is 0.281 e. The van der Waals surface area contributed by atoms with E-state index in [-0.39, 0.29) is 11.3 Å². The fourth-order valence-electron chi connectivity index (χ4n) is 2.75. The molecule has 126 valence electrons. The minimum atomic E-state index is -4.48. The summed E-state index contributed by atoms with van der Waals surface area (Å²) in [4.78, 5) is 12.1. The Bertz CT molecular complexity index is 780. The lowest BCUT2D eigenvalue weighted by Gasteiger charge is -2.10. The third-order valence-corrected chi connectivity index (χ3v) is 3.91. The standard InChI is InChI=1S/C16H15F3N4O/c17-16(18,19)12-7-3-1-5-10(12)9-20-23-15(24)14-11-6-2-4-8-13(11)21-22-14/h1,3,5,7,9H,2,4,6,8H2,(H,21,22)(H,23,24)/b20-9+. The molecule has 1 heterocycles. The quantitative estimate of drug-likeness (QED) is 0.668. The number of carbonyl (C=O) groups is 1. The first-order chi connectivity index (χ1) is 11.5. The number of aryl methyl sites for hydroxylation is 1. The molecular weight excluding hydrogens is 321 g/mol. The number of H-pyrrole nitrogens is 1. The highest BCUT2D eigenvalue weighted by molar-refractivity contribution is 5.94. The van der Waals surface area contributed by atoms with E-state index < -0.39 is 17.6 Å². The number of nitrogens with one attached hydrogen (secondary N) is 2. The van der Waals surface area contributed by atoms with Crippen molar-refractivity contribution in [2.75, 3.05) is 0 Å². The number of carbonyl (C=O) groups excluding carboxylic acids is 1. The summed E-state index contributed by atoms with van der Waals surface area (Å²) < 4.78 is 38.6. The molecule has 1 amide bonds. The van der Waals surface area contributed by atoms with Crippen molar-refractivity contribution in [2.45, 2.75) is 31.9 Å². The van der Waals surface area contributed by atoms with Crippen LogP contribution in [0.1, 0.15) is 45.7 Å². The average molecular weight is 336 g/mol. The Morgan fingerprint density at radius 2 is 2.00 bits per heavy atom. The van der Waals surface area contributed by atoms with Crippen molar-refractivity contribution in [2.24, 2.45) is 5.10 Å². The molecule has 0 saturated heterocycles. The molecule has 0 atom stereocenters. The summed E-state index contributed by atoms with van der Waals surface area (Å²) >= 11 is 0. The molecule has 0 bridgehead atoms. The van der Waals surface area contributed by atoms with Gasteiger partial charge in [-0.05, 0) is 31.7 Å². The van der Waals surface area contributed by atoms with E-state index in [4.69, 9.17) is 0 Å². The van der Waals surface area contributed by atoms with E-state index in [0.717, 1.165) is 49.2 Å². The van der Waals surface area contributed by atoms with Gasteiger partial charge in [-0.25, -0.2) is 5.43 Å². The maximum absolute atomic E-state index is 12.9. The van der Waals surface area contributed by atoms with E-state index in [1.54, 1.807) is 0 Å². The fraction of sp³-hybridized carbons (Fsp3) is 0.312. The molecule has 0 aliphatic heterocycles. The zero-order valence-corrected chi connectivity index (χ0v) is 12.7. The summed E-state index contributed by atoms with van der Waals surface area (Å²) in [7, 11) is 0. The molecule has 0 radical (unpaired) electrons. The van der Waals surface area contributed by atoms with Crippen LogP contribution in [0, 0.1) is 0 Å². The number of amides is 1. The van der Waals surface area contributed by atoms with Gasteiger partial charge in [-0.1, -0.05) is 18.2 Å². The first-order valence-corrected chi connectivity index (χ1v) is 7.52. The highest BCUT2D eigenvalue weighted by Crippen LogP contribution is 2.31. The van der Waals surface area contributed by atoms with Crippen LogP contribution in [0.5, 0.6) is 0 Å². The van der Waals surface area contributed by atoms with Crippen LogP contribution in [0.25, 0.3) is 0 Å². The van der Waals surface area contributed by atoms with Crippen molar-refractivity contribution in [1.29, 1.82) is 0 Å². The lowest BCUT2D eigenvalue weighted by Crippen LogP contribution is -2.20. The average Bonchev–Trinajstić information content (AvgIpc) is 2.98. The number of rotatable bonds is 3. The van der Waals surface area contributed by atoms with E-state index >= 15 is 0 Å². The number of aromatic amines is 1. The van der Waals surface area contributed by atoms with Gasteiger partial charge in [0.1, 0.15) is 0 Å². The molecule has 0 spiro atoms. The zero-order valence-electron chi connectivity index (χ0n) is 12.7. The van der Waals surface area contributed by atoms with Gasteiger partial charge in [0.15, 0.2) is 5.69 Å². The maximum Gasteiger partial charge on any atom is 0.417 e. The molecule has 2 aromatic rings. The SMILES string of the molecule is O=C(N/N=C/c1ccccc1C(F)(F)F)c1n[nH]c2c1CCCC2. The molecule has 1 aliphatic carbocycles. The van der Waals surface area contributed by atoms with Gasteiger partial charge in [0.25, 0.3) is 5.91 Å². The van der Waals surface area contributed by atoms with Crippen molar-refractivity contribution in [3.8, 4) is 0 Å². The van der Waals surface area contributed by atoms with Crippen LogP contribution in [0.15, 0.2) is 29.4 Å². The molecule has 5 nitrogen and oxygen atoms in total. The molecule has 8 heteroatoms. The Balaban J connectivity index is 1.73. The number of nitrogens with zero attached hydrogens (tertiary/aromatic N) is 2. The summed E-state index contributed by atoms with van der Waals surface area (Å²) in [5, 5.41) is 10.5. The minimum absolute atomic E-state index is 0.116. The highest BCUT2D eigenvalue weighted by Gasteiger charge is 2.32. The van der Waals surface area contributed by atoms with Gasteiger partial charge in [-0.15, -0.1) is 0 Å². The molecule has 1 aromatic heterocycles. The molecule has 0 saturated carbocycles. The van der Waals surface area contributed by atoms with Crippen molar-refractivity contribution < 1.29 is 18.0 Å². The zero-order chi connectivity index (χ0) is 17.2. The van der Waals surface area contributed by atoms with Gasteiger partial charge in [0.05, 0.1) is 11.8 Å². The Hall–Kier alpha value is -2.64. The summed E-state index contributed by atoms with van der Waals surface area (Å²) in [5.41, 5.74) is 3.38. The monoisotopic (exact) mass is 336 g/mol. The summed E-state index contributed by atoms with van der Waals surface area (Å²) in [5.74, 6) is -0.532. The van der Waals surface area contributed by atoms with Crippen LogP contribution in [0.2, 0.25) is 0 Å². The van der Waals surface area contributed by atoms with E-state index in [1.807, 2.05) is 0 Å². The van der Waals surface area contributed by atoms with E-state index in [2.05, 4.69) is 20.7 Å². The van der Waals surface area contributed by atoms with E-state index in [9.17, 15) is 18.0 Å². The molecule has 3 rings (SSSR count). The van der Waals surface area contributed by atoms with Gasteiger partial charge in [-0.2, -0.15) is 23.4 Å². The largest absolute Gasteiger partial charge is 0.417 e. The van der Waals surface area contributed by atoms with Crippen LogP contribution in [0.4, 0.5) is 13.2 Å². The second kappa shape index (κ2) is 6.46. The van der Waals surface area contributed by atoms with Gasteiger partial charge in [0, 0.05) is 16.8 Å². The Morgan fingerprint density at radius 1 is 1.25 bits per heavy atom. The number of halogens is 3. The number of fused-ring (bicyclic) bond motifs is 1. The van der Waals surface area contributed by atoms with Gasteiger partial charge >= 0.3 is 6.18 Å². The lowest BCUT2D eigenvalue weighted by molar-refractivity contribution is -0.137. The number of alkyl halides is 3. The first-order valence-electron chi connectivity index (χ1n) is 7.52. The number of hydrazone groups is 1. The predicted octanol–water partition coefficient (Wildman–Crippen LogP) is 3.07. The third-order valence-electron chi connectivity index (χ3n) is 3.91. The predicted molar refractivity (Wildman–Crippen MR) is 81.7 cm³/mol. The molecular formula is C16H15F3N4O. The second-order valence-corrected chi connectivity index (χ2v) is 5.52. The van der Waals surface area contributed by atoms with Crippen molar-refractivity contribution in [3.05, 3.63) is 52.3 Å². The molecule has 1 aliphatic rings. The number of benzene rings is 1. The van der Waals surface area contributed by atoms with Crippen LogP contribution in [0.3, 0.4) is 0 Å². The molecule has 1 aromatic carbocycles. The van der Waals surface area contributed by atoms with E-state index in [1.165, 1.54) is 18.2 Å². The Morgan fingerprint density at radius 3 is 2.79 bits per heavy atom. The molecule has 2 N–H and O–H groups in total. The van der Waals surface area contributed by atoms with E-state index in [0.29, 0.717) is 0 Å². The molecule has 24 heavy (non-hydrogen) atoms. The van der Waals surface area contributed by atoms with Crippen LogP contribution in [-0.2, 0) is 19.0 Å². The molecule has 0 fully saturated rings. The lowest BCUT2D eigenvalue weighted by atomic mass is 9.96. The third kappa shape index (κ3) is 3.32. The van der Waals surface area contributed by atoms with Crippen LogP contribution >= 0.6 is 0 Å². The van der Waals surface area contributed by atoms with Crippen LogP contribution < -0.4 is 5.43 Å². The van der Waals surface area contributed by atoms with Gasteiger partial charge in [0.2, 0.25) is 0 Å². The van der Waals surface area contributed by atoms with Gasteiger partial charge < -0.3 is 0 Å². The minimum Gasteiger partial charge on any atom is -0.281 e. The summed E-state index contributed by atoms with van der Waals surface area (Å²) in [6.45, 7) is 0. The second-order valence-electron chi connectivity index (χ2n) is 5.52. The highest BCUT2D eigenvalue weighted by atomic mass is 19.4. The number of hydrogen-bond acceptors (Lipinski definition) is 3. The Kier molecular flexibility index (Phi) is 4.37. The number of hydrogen-bond donors (Lipinski definition) is 2. The first kappa shape index (κ1) is 16.2. The van der Waals surface area contributed by atoms with Crippen LogP contribution in [-0.4, -0.2) is 22.3 Å². The van der Waals surface area contributed by atoms with Crippen molar-refractivity contribution in [1.82, 2.24) is 15.6 Å². The summed E-state index contributed by atoms with van der Waals surface area (Å²) in [6, 6.07) is 5.03. The normalized spacial score (nSPS) is 14.6.